The van der Waals surface area contributed by atoms with Gasteiger partial charge in [0.1, 0.15) is 12.6 Å². The molecular weight excluding hydrogens is 654 g/mol. The van der Waals surface area contributed by atoms with E-state index >= 15 is 0 Å². The fourth-order valence-corrected chi connectivity index (χ4v) is 4.56. The summed E-state index contributed by atoms with van der Waals surface area (Å²) < 4.78 is 162. The topological polar surface area (TPSA) is 79.5 Å². The third-order valence-corrected chi connectivity index (χ3v) is 6.77. The minimum atomic E-state index is -5.60. The van der Waals surface area contributed by atoms with E-state index in [0.29, 0.717) is 0 Å². The fraction of sp³-hybridized carbons (Fsp3) is 0.286. The molecule has 1 aliphatic heterocycles. The van der Waals surface area contributed by atoms with Crippen LogP contribution in [-0.2, 0) is 27.6 Å². The maximum atomic E-state index is 14.5. The molecule has 46 heavy (non-hydrogen) atoms. The molecule has 4 rings (SSSR count). The van der Waals surface area contributed by atoms with E-state index in [1.807, 2.05) is 5.48 Å². The zero-order chi connectivity index (χ0) is 34.5. The second kappa shape index (κ2) is 11.7. The van der Waals surface area contributed by atoms with Gasteiger partial charge in [-0.1, -0.05) is 30.3 Å². The van der Waals surface area contributed by atoms with Crippen LogP contribution in [0.25, 0.3) is 16.5 Å². The highest BCUT2D eigenvalue weighted by Gasteiger charge is 2.60. The number of alkyl halides is 12. The second-order valence-corrected chi connectivity index (χ2v) is 10.0. The molecule has 0 fully saturated rings. The van der Waals surface area contributed by atoms with Crippen molar-refractivity contribution in [2.24, 2.45) is 0 Å². The third kappa shape index (κ3) is 7.00. The Morgan fingerprint density at radius 3 is 1.91 bits per heavy atom. The van der Waals surface area contributed by atoms with Gasteiger partial charge in [0.15, 0.2) is 0 Å². The molecule has 0 radical (unpaired) electrons. The predicted octanol–water partition coefficient (Wildman–Crippen LogP) is 7.01. The zero-order valence-electron chi connectivity index (χ0n) is 22.8. The van der Waals surface area contributed by atoms with Crippen LogP contribution in [0.15, 0.2) is 60.7 Å². The van der Waals surface area contributed by atoms with Gasteiger partial charge >= 0.3 is 24.7 Å². The number of benzene rings is 3. The number of carbonyl (C=O) groups excluding carboxylic acids is 2. The standard InChI is InChI=1S/C28H19F12N3O3/c1-13(22(44)41-12-25(29,30)31)42-23(45)20-7-6-19(17-4-2-3-5-18(17)20)21-11-24(46-43-21,28(38,39)40)14-8-15(26(32,33)34)10-16(9-14)27(35,36)37/h2-11,13,43H,12H2,1H3,(H,41,44)(H,42,45). The van der Waals surface area contributed by atoms with Gasteiger partial charge in [-0.05, 0) is 48.0 Å². The van der Waals surface area contributed by atoms with Crippen LogP contribution in [0.4, 0.5) is 52.7 Å². The van der Waals surface area contributed by atoms with Crippen molar-refractivity contribution in [1.29, 1.82) is 0 Å². The van der Waals surface area contributed by atoms with Crippen LogP contribution in [0.2, 0.25) is 0 Å². The van der Waals surface area contributed by atoms with Crippen molar-refractivity contribution in [3.05, 3.63) is 88.5 Å². The molecule has 0 bridgehead atoms. The number of fused-ring (bicyclic) bond motifs is 1. The second-order valence-electron chi connectivity index (χ2n) is 10.0. The lowest BCUT2D eigenvalue weighted by molar-refractivity contribution is -0.269. The quantitative estimate of drug-likeness (QED) is 0.246. The minimum Gasteiger partial charge on any atom is -0.345 e. The van der Waals surface area contributed by atoms with E-state index in [4.69, 9.17) is 4.84 Å². The molecule has 1 heterocycles. The Kier molecular flexibility index (Phi) is 8.75. The highest BCUT2D eigenvalue weighted by Crippen LogP contribution is 2.50. The number of rotatable bonds is 6. The van der Waals surface area contributed by atoms with E-state index in [0.717, 1.165) is 19.1 Å². The Labute approximate surface area is 250 Å². The largest absolute Gasteiger partial charge is 0.428 e. The van der Waals surface area contributed by atoms with Crippen molar-refractivity contribution in [3.63, 3.8) is 0 Å². The average molecular weight is 673 g/mol. The average Bonchev–Trinajstić information content (AvgIpc) is 3.40. The smallest absolute Gasteiger partial charge is 0.345 e. The molecule has 248 valence electrons. The van der Waals surface area contributed by atoms with E-state index < -0.39 is 77.1 Å². The summed E-state index contributed by atoms with van der Waals surface area (Å²) in [5, 5.41) is 3.88. The molecular formula is C28H19F12N3O3. The number of nitrogens with one attached hydrogen (secondary N) is 3. The Balaban J connectivity index is 1.78. The monoisotopic (exact) mass is 673 g/mol. The van der Waals surface area contributed by atoms with Gasteiger partial charge in [0, 0.05) is 16.7 Å². The molecule has 0 spiro atoms. The summed E-state index contributed by atoms with van der Waals surface area (Å²) in [5.41, 5.74) is -8.28. The summed E-state index contributed by atoms with van der Waals surface area (Å²) in [6.07, 6.45) is -21.0. The van der Waals surface area contributed by atoms with Gasteiger partial charge in [-0.2, -0.15) is 52.7 Å². The molecule has 2 atom stereocenters. The van der Waals surface area contributed by atoms with Crippen LogP contribution in [0, 0.1) is 0 Å². The number of carbonyl (C=O) groups is 2. The number of amides is 2. The summed E-state index contributed by atoms with van der Waals surface area (Å²) in [6.45, 7) is -0.565. The van der Waals surface area contributed by atoms with Crippen LogP contribution in [0.1, 0.15) is 39.5 Å². The number of halogens is 12. The van der Waals surface area contributed by atoms with Crippen molar-refractivity contribution in [1.82, 2.24) is 16.1 Å². The maximum Gasteiger partial charge on any atom is 0.428 e. The summed E-state index contributed by atoms with van der Waals surface area (Å²) >= 11 is 0. The Morgan fingerprint density at radius 1 is 0.826 bits per heavy atom. The van der Waals surface area contributed by atoms with Gasteiger partial charge < -0.3 is 10.6 Å². The van der Waals surface area contributed by atoms with E-state index in [9.17, 15) is 62.3 Å². The van der Waals surface area contributed by atoms with E-state index in [2.05, 4.69) is 5.32 Å². The lowest BCUT2D eigenvalue weighted by atomic mass is 9.88. The molecule has 1 aliphatic rings. The van der Waals surface area contributed by atoms with Crippen molar-refractivity contribution in [3.8, 4) is 0 Å². The van der Waals surface area contributed by atoms with E-state index in [-0.39, 0.29) is 46.2 Å². The molecule has 0 aromatic heterocycles. The van der Waals surface area contributed by atoms with Crippen molar-refractivity contribution in [2.75, 3.05) is 6.54 Å². The number of hydrogen-bond acceptors (Lipinski definition) is 4. The van der Waals surface area contributed by atoms with Gasteiger partial charge in [-0.3, -0.25) is 19.9 Å². The summed E-state index contributed by atoms with van der Waals surface area (Å²) in [4.78, 5) is 29.7. The number of hydroxylamine groups is 1. The summed E-state index contributed by atoms with van der Waals surface area (Å²) in [7, 11) is 0. The summed E-state index contributed by atoms with van der Waals surface area (Å²) in [5.74, 6) is -2.13. The van der Waals surface area contributed by atoms with E-state index in [1.165, 1.54) is 24.3 Å². The SMILES string of the molecule is CC(NC(=O)c1ccc(C2=CC(c3cc(C(F)(F)F)cc(C(F)(F)F)c3)(C(F)(F)F)ON2)c2ccccc12)C(=O)NCC(F)(F)F. The molecule has 2 unspecified atom stereocenters. The Morgan fingerprint density at radius 2 is 1.39 bits per heavy atom. The van der Waals surface area contributed by atoms with Gasteiger partial charge in [-0.15, -0.1) is 0 Å². The predicted molar refractivity (Wildman–Crippen MR) is 136 cm³/mol. The van der Waals surface area contributed by atoms with Crippen LogP contribution in [0.5, 0.6) is 0 Å². The van der Waals surface area contributed by atoms with Crippen molar-refractivity contribution >= 4 is 28.3 Å². The highest BCUT2D eigenvalue weighted by molar-refractivity contribution is 6.10. The summed E-state index contributed by atoms with van der Waals surface area (Å²) in [6, 6.07) is 5.63. The van der Waals surface area contributed by atoms with Crippen molar-refractivity contribution < 1.29 is 67.1 Å². The molecule has 3 N–H and O–H groups in total. The van der Waals surface area contributed by atoms with E-state index in [1.54, 1.807) is 5.32 Å². The van der Waals surface area contributed by atoms with Gasteiger partial charge in [0.25, 0.3) is 5.91 Å². The molecule has 3 aromatic carbocycles. The maximum absolute atomic E-state index is 14.5. The van der Waals surface area contributed by atoms with Gasteiger partial charge in [0.2, 0.25) is 11.5 Å². The zero-order valence-corrected chi connectivity index (χ0v) is 22.8. The fourth-order valence-electron chi connectivity index (χ4n) is 4.56. The molecule has 2 amide bonds. The highest BCUT2D eigenvalue weighted by atomic mass is 19.4. The van der Waals surface area contributed by atoms with Gasteiger partial charge in [-0.25, -0.2) is 0 Å². The Hall–Kier alpha value is -4.48. The molecule has 0 saturated carbocycles. The Bertz CT molecular complexity index is 1660. The molecule has 3 aromatic rings. The minimum absolute atomic E-state index is 0.0460. The molecule has 0 saturated heterocycles. The van der Waals surface area contributed by atoms with Crippen molar-refractivity contribution in [2.45, 2.75) is 43.3 Å². The lowest BCUT2D eigenvalue weighted by Gasteiger charge is -2.29. The molecule has 6 nitrogen and oxygen atoms in total. The van der Waals surface area contributed by atoms with Crippen LogP contribution in [-0.4, -0.2) is 36.8 Å². The first-order chi connectivity index (χ1) is 21.0. The molecule has 0 aliphatic carbocycles. The first kappa shape index (κ1) is 34.4. The van der Waals surface area contributed by atoms with Crippen LogP contribution < -0.4 is 16.1 Å². The normalized spacial score (nSPS) is 18.2. The van der Waals surface area contributed by atoms with Crippen LogP contribution >= 0.6 is 0 Å². The molecule has 18 heteroatoms. The first-order valence-electron chi connectivity index (χ1n) is 12.7. The van der Waals surface area contributed by atoms with Crippen LogP contribution in [0.3, 0.4) is 0 Å². The van der Waals surface area contributed by atoms with Gasteiger partial charge in [0.05, 0.1) is 16.8 Å². The third-order valence-electron chi connectivity index (χ3n) is 6.77. The first-order valence-corrected chi connectivity index (χ1v) is 12.7. The lowest BCUT2D eigenvalue weighted by Crippen LogP contribution is -2.47. The number of hydrogen-bond donors (Lipinski definition) is 3.